The molecule has 0 rings (SSSR count). The first-order chi connectivity index (χ1) is 40.5. The van der Waals surface area contributed by atoms with Crippen LogP contribution in [0.1, 0.15) is 335 Å². The van der Waals surface area contributed by atoms with Gasteiger partial charge in [0.1, 0.15) is 13.2 Å². The molecular weight excluding hydrogens is 1010 g/mol. The summed E-state index contributed by atoms with van der Waals surface area (Å²) in [4.78, 5) is 38.3. The van der Waals surface area contributed by atoms with Crippen molar-refractivity contribution in [2.45, 2.75) is 341 Å². The Hall–Kier alpha value is -3.93. The molecule has 1 unspecified atom stereocenters. The summed E-state index contributed by atoms with van der Waals surface area (Å²) in [5.41, 5.74) is 0. The predicted octanol–water partition coefficient (Wildman–Crippen LogP) is 24.2. The van der Waals surface area contributed by atoms with Gasteiger partial charge in [0.15, 0.2) is 6.10 Å². The predicted molar refractivity (Wildman–Crippen MR) is 357 cm³/mol. The molecule has 0 fully saturated rings. The van der Waals surface area contributed by atoms with Crippen molar-refractivity contribution in [1.29, 1.82) is 0 Å². The molecule has 470 valence electrons. The van der Waals surface area contributed by atoms with E-state index >= 15 is 0 Å². The number of hydrogen-bond donors (Lipinski definition) is 0. The summed E-state index contributed by atoms with van der Waals surface area (Å²) in [5.74, 6) is -0.902. The Balaban J connectivity index is 4.22. The van der Waals surface area contributed by atoms with Crippen LogP contribution in [0, 0.1) is 0 Å². The van der Waals surface area contributed by atoms with E-state index in [1.807, 2.05) is 0 Å². The molecule has 0 amide bonds. The molecule has 0 aromatic heterocycles. The fraction of sp³-hybridized carbons (Fsp3) is 0.724. The summed E-state index contributed by atoms with van der Waals surface area (Å²) in [7, 11) is 0. The van der Waals surface area contributed by atoms with E-state index in [0.717, 1.165) is 122 Å². The minimum atomic E-state index is -0.792. The van der Waals surface area contributed by atoms with Crippen molar-refractivity contribution in [3.63, 3.8) is 0 Å². The maximum Gasteiger partial charge on any atom is 0.306 e. The molecule has 0 saturated heterocycles. The third-order valence-electron chi connectivity index (χ3n) is 15.0. The molecule has 0 radical (unpaired) electrons. The van der Waals surface area contributed by atoms with Gasteiger partial charge in [-0.3, -0.25) is 14.4 Å². The number of carbonyl (C=O) groups excluding carboxylic acids is 3. The Morgan fingerprint density at radius 3 is 0.744 bits per heavy atom. The molecule has 0 spiro atoms. The van der Waals surface area contributed by atoms with Crippen LogP contribution >= 0.6 is 0 Å². The Labute approximate surface area is 508 Å². The van der Waals surface area contributed by atoms with Crippen molar-refractivity contribution < 1.29 is 28.6 Å². The van der Waals surface area contributed by atoms with Gasteiger partial charge in [0.05, 0.1) is 0 Å². The SMILES string of the molecule is CC/C=C\C/C=C\C/C=C\C/C=C\C/C=C\C/C=C\CCCCCCC(=O)OC(COC(=O)CCCCCCCCCCCC)COC(=O)CCCCCCCCCCCCCCCCCC/C=C\C/C=C\C/C=C\CCCCCCC. The van der Waals surface area contributed by atoms with E-state index in [1.54, 1.807) is 0 Å². The van der Waals surface area contributed by atoms with Crippen molar-refractivity contribution in [3.8, 4) is 0 Å². The van der Waals surface area contributed by atoms with E-state index in [0.29, 0.717) is 19.3 Å². The number of unbranched alkanes of at least 4 members (excludes halogenated alkanes) is 34. The third kappa shape index (κ3) is 66.9. The minimum absolute atomic E-state index is 0.0862. The van der Waals surface area contributed by atoms with Gasteiger partial charge in [0.25, 0.3) is 0 Å². The maximum absolute atomic E-state index is 12.9. The monoisotopic (exact) mass is 1140 g/mol. The fourth-order valence-electron chi connectivity index (χ4n) is 9.81. The van der Waals surface area contributed by atoms with Crippen LogP contribution in [0.5, 0.6) is 0 Å². The summed E-state index contributed by atoms with van der Waals surface area (Å²) >= 11 is 0. The second kappa shape index (κ2) is 69.6. The van der Waals surface area contributed by atoms with E-state index < -0.39 is 6.10 Å². The van der Waals surface area contributed by atoms with E-state index in [4.69, 9.17) is 14.2 Å². The summed E-state index contributed by atoms with van der Waals surface area (Å²) in [6.07, 6.45) is 95.5. The van der Waals surface area contributed by atoms with E-state index in [2.05, 4.69) is 130 Å². The van der Waals surface area contributed by atoms with Gasteiger partial charge < -0.3 is 14.2 Å². The lowest BCUT2D eigenvalue weighted by molar-refractivity contribution is -0.167. The largest absolute Gasteiger partial charge is 0.462 e. The summed E-state index contributed by atoms with van der Waals surface area (Å²) in [6, 6.07) is 0. The van der Waals surface area contributed by atoms with Gasteiger partial charge in [0.2, 0.25) is 0 Å². The smallest absolute Gasteiger partial charge is 0.306 e. The number of carbonyl (C=O) groups is 3. The average Bonchev–Trinajstić information content (AvgIpc) is 3.47. The zero-order valence-corrected chi connectivity index (χ0v) is 54.0. The first-order valence-electron chi connectivity index (χ1n) is 34.9. The molecule has 6 heteroatoms. The van der Waals surface area contributed by atoms with Crippen LogP contribution < -0.4 is 0 Å². The minimum Gasteiger partial charge on any atom is -0.462 e. The van der Waals surface area contributed by atoms with Gasteiger partial charge in [-0.05, 0) is 109 Å². The van der Waals surface area contributed by atoms with Gasteiger partial charge in [-0.1, -0.05) is 316 Å². The van der Waals surface area contributed by atoms with Gasteiger partial charge in [-0.15, -0.1) is 0 Å². The molecule has 6 nitrogen and oxygen atoms in total. The van der Waals surface area contributed by atoms with Crippen LogP contribution in [-0.4, -0.2) is 37.2 Å². The van der Waals surface area contributed by atoms with Crippen LogP contribution in [-0.2, 0) is 28.6 Å². The molecule has 0 heterocycles. The molecule has 0 aliphatic heterocycles. The second-order valence-electron chi connectivity index (χ2n) is 23.1. The number of rotatable bonds is 63. The number of hydrogen-bond acceptors (Lipinski definition) is 6. The van der Waals surface area contributed by atoms with Gasteiger partial charge >= 0.3 is 17.9 Å². The van der Waals surface area contributed by atoms with Crippen LogP contribution in [0.3, 0.4) is 0 Å². The lowest BCUT2D eigenvalue weighted by Gasteiger charge is -2.18. The molecule has 0 saturated carbocycles. The van der Waals surface area contributed by atoms with Crippen LogP contribution in [0.4, 0.5) is 0 Å². The van der Waals surface area contributed by atoms with Gasteiger partial charge in [-0.25, -0.2) is 0 Å². The molecular formula is C76H130O6. The molecule has 0 N–H and O–H groups in total. The molecule has 1 atom stereocenters. The highest BCUT2D eigenvalue weighted by atomic mass is 16.6. The van der Waals surface area contributed by atoms with Gasteiger partial charge in [0, 0.05) is 19.3 Å². The zero-order chi connectivity index (χ0) is 59.2. The molecule has 0 aromatic carbocycles. The zero-order valence-electron chi connectivity index (χ0n) is 54.0. The van der Waals surface area contributed by atoms with Crippen molar-refractivity contribution in [2.24, 2.45) is 0 Å². The molecule has 82 heavy (non-hydrogen) atoms. The first kappa shape index (κ1) is 78.1. The van der Waals surface area contributed by atoms with Crippen molar-refractivity contribution in [3.05, 3.63) is 109 Å². The fourth-order valence-corrected chi connectivity index (χ4v) is 9.81. The highest BCUT2D eigenvalue weighted by Crippen LogP contribution is 2.17. The Kier molecular flexibility index (Phi) is 66.2. The second-order valence-corrected chi connectivity index (χ2v) is 23.1. The van der Waals surface area contributed by atoms with E-state index in [1.165, 1.54) is 173 Å². The Bertz CT molecular complexity index is 1640. The van der Waals surface area contributed by atoms with Crippen molar-refractivity contribution in [2.75, 3.05) is 13.2 Å². The molecule has 0 aliphatic carbocycles. The lowest BCUT2D eigenvalue weighted by Crippen LogP contribution is -2.30. The van der Waals surface area contributed by atoms with Crippen LogP contribution in [0.25, 0.3) is 0 Å². The first-order valence-corrected chi connectivity index (χ1v) is 34.9. The maximum atomic E-state index is 12.9. The lowest BCUT2D eigenvalue weighted by atomic mass is 10.0. The normalized spacial score (nSPS) is 12.8. The van der Waals surface area contributed by atoms with E-state index in [-0.39, 0.29) is 31.1 Å². The average molecular weight is 1140 g/mol. The van der Waals surface area contributed by atoms with Gasteiger partial charge in [-0.2, -0.15) is 0 Å². The highest BCUT2D eigenvalue weighted by Gasteiger charge is 2.19. The number of esters is 3. The van der Waals surface area contributed by atoms with Crippen molar-refractivity contribution >= 4 is 17.9 Å². The Morgan fingerprint density at radius 1 is 0.256 bits per heavy atom. The number of allylic oxidation sites excluding steroid dienone is 18. The third-order valence-corrected chi connectivity index (χ3v) is 15.0. The van der Waals surface area contributed by atoms with Crippen LogP contribution in [0.2, 0.25) is 0 Å². The summed E-state index contributed by atoms with van der Waals surface area (Å²) < 4.78 is 16.9. The highest BCUT2D eigenvalue weighted by molar-refractivity contribution is 5.71. The molecule has 0 aromatic rings. The summed E-state index contributed by atoms with van der Waals surface area (Å²) in [6.45, 7) is 6.51. The quantitative estimate of drug-likeness (QED) is 0.0261. The van der Waals surface area contributed by atoms with Crippen LogP contribution in [0.15, 0.2) is 109 Å². The molecule has 0 bridgehead atoms. The summed E-state index contributed by atoms with van der Waals surface area (Å²) in [5, 5.41) is 0. The topological polar surface area (TPSA) is 78.9 Å². The Morgan fingerprint density at radius 2 is 0.476 bits per heavy atom. The number of ether oxygens (including phenoxy) is 3. The van der Waals surface area contributed by atoms with Crippen molar-refractivity contribution in [1.82, 2.24) is 0 Å². The standard InChI is InChI=1S/C76H130O6/c1-4-7-10-13-16-19-22-24-26-28-30-32-34-35-36-37-38-39-40-41-43-44-46-48-50-52-54-57-60-63-66-69-75(78)81-72-73(71-80-74(77)68-65-62-59-56-21-18-15-12-9-6-3)82-76(79)70-67-64-61-58-55-53-51-49-47-45-42-33-31-29-27-25-23-20-17-14-11-8-5-2/h8,11,17,20,22,24-25,27-28,30-31,33-35,45,47,51,53,73H,4-7,9-10,12-16,18-19,21,23,26,29,32,36-44,46,48-50,52,54-72H2,1-3H3/b11-8-,20-17-,24-22-,27-25-,30-28-,33-31-,35-34-,47-45-,53-51-. The molecule has 0 aliphatic rings. The van der Waals surface area contributed by atoms with E-state index in [9.17, 15) is 14.4 Å².